The van der Waals surface area contributed by atoms with Crippen LogP contribution in [0.25, 0.3) is 6.08 Å². The minimum Gasteiger partial charge on any atom is -0.357 e. The fourth-order valence-electron chi connectivity index (χ4n) is 2.76. The Morgan fingerprint density at radius 1 is 1.50 bits per heavy atom. The van der Waals surface area contributed by atoms with E-state index in [0.717, 1.165) is 30.3 Å². The van der Waals surface area contributed by atoms with E-state index in [2.05, 4.69) is 29.1 Å². The van der Waals surface area contributed by atoms with Crippen molar-refractivity contribution in [3.63, 3.8) is 0 Å². The molecule has 3 heteroatoms. The van der Waals surface area contributed by atoms with Crippen LogP contribution in [0.4, 0.5) is 0 Å². The summed E-state index contributed by atoms with van der Waals surface area (Å²) in [6, 6.07) is 2.06. The molecule has 16 heavy (non-hydrogen) atoms. The monoisotopic (exact) mass is 218 g/mol. The summed E-state index contributed by atoms with van der Waals surface area (Å²) in [4.78, 5) is 2.53. The van der Waals surface area contributed by atoms with Crippen molar-refractivity contribution in [2.24, 2.45) is 5.92 Å². The number of rotatable bonds is 2. The molecule has 3 saturated heterocycles. The minimum absolute atomic E-state index is 0.792. The van der Waals surface area contributed by atoms with E-state index in [1.165, 1.54) is 31.5 Å². The van der Waals surface area contributed by atoms with E-state index < -0.39 is 0 Å². The highest BCUT2D eigenvalue weighted by atomic mass is 16.5. The third kappa shape index (κ3) is 1.80. The van der Waals surface area contributed by atoms with Gasteiger partial charge in [-0.15, -0.1) is 0 Å². The van der Waals surface area contributed by atoms with E-state index in [4.69, 9.17) is 4.52 Å². The lowest BCUT2D eigenvalue weighted by Crippen LogP contribution is -2.42. The van der Waals surface area contributed by atoms with E-state index in [-0.39, 0.29) is 0 Å². The van der Waals surface area contributed by atoms with Crippen LogP contribution in [-0.4, -0.2) is 29.7 Å². The average molecular weight is 218 g/mol. The van der Waals surface area contributed by atoms with Gasteiger partial charge in [0.1, 0.15) is 0 Å². The van der Waals surface area contributed by atoms with Crippen LogP contribution in [0.15, 0.2) is 16.2 Å². The average Bonchev–Trinajstić information content (AvgIpc) is 2.78. The number of aryl methyl sites for hydroxylation is 1. The molecule has 3 aliphatic rings. The highest BCUT2D eigenvalue weighted by Crippen LogP contribution is 2.32. The molecule has 3 nitrogen and oxygen atoms in total. The molecule has 4 rings (SSSR count). The van der Waals surface area contributed by atoms with E-state index in [9.17, 15) is 0 Å². The Labute approximate surface area is 96.1 Å². The van der Waals surface area contributed by atoms with Crippen LogP contribution < -0.4 is 0 Å². The lowest BCUT2D eigenvalue weighted by molar-refractivity contribution is 0.163. The summed E-state index contributed by atoms with van der Waals surface area (Å²) >= 11 is 0. The molecule has 0 amide bonds. The van der Waals surface area contributed by atoms with Crippen LogP contribution in [0.5, 0.6) is 0 Å². The molecule has 1 aromatic heterocycles. The molecule has 3 aliphatic heterocycles. The number of piperidine rings is 3. The van der Waals surface area contributed by atoms with Crippen LogP contribution in [0.3, 0.4) is 0 Å². The third-order valence-electron chi connectivity index (χ3n) is 3.79. The molecule has 0 spiro atoms. The zero-order valence-electron chi connectivity index (χ0n) is 9.78. The fraction of sp³-hybridized carbons (Fsp3) is 0.615. The standard InChI is InChI=1S/C13H18N2O/c1-2-12-8-13(16-14-12)7-11-9-15-5-3-10(11)4-6-15/h7-8,10H,2-6,9H2,1H3/b11-7-. The van der Waals surface area contributed by atoms with E-state index in [0.29, 0.717) is 0 Å². The Morgan fingerprint density at radius 2 is 2.31 bits per heavy atom. The molecular weight excluding hydrogens is 200 g/mol. The molecule has 0 saturated carbocycles. The smallest absolute Gasteiger partial charge is 0.159 e. The predicted molar refractivity (Wildman–Crippen MR) is 63.0 cm³/mol. The normalized spacial score (nSPS) is 31.2. The van der Waals surface area contributed by atoms with Gasteiger partial charge in [0.05, 0.1) is 5.69 Å². The van der Waals surface area contributed by atoms with Gasteiger partial charge >= 0.3 is 0 Å². The van der Waals surface area contributed by atoms with Gasteiger partial charge in [0.25, 0.3) is 0 Å². The first-order valence-corrected chi connectivity index (χ1v) is 6.23. The molecule has 0 atom stereocenters. The van der Waals surface area contributed by atoms with Crippen molar-refractivity contribution in [2.75, 3.05) is 19.6 Å². The van der Waals surface area contributed by atoms with Crippen molar-refractivity contribution in [3.8, 4) is 0 Å². The molecule has 3 fully saturated rings. The number of aromatic nitrogens is 1. The predicted octanol–water partition coefficient (Wildman–Crippen LogP) is 2.35. The second-order valence-electron chi connectivity index (χ2n) is 4.84. The SMILES string of the molecule is CCc1cc(/C=C2/CN3CCC2CC3)on1. The second kappa shape index (κ2) is 4.06. The molecule has 4 heterocycles. The maximum atomic E-state index is 5.32. The summed E-state index contributed by atoms with van der Waals surface area (Å²) in [6.07, 6.45) is 5.80. The third-order valence-corrected chi connectivity index (χ3v) is 3.79. The zero-order chi connectivity index (χ0) is 11.0. The molecule has 0 radical (unpaired) electrons. The first kappa shape index (κ1) is 10.1. The summed E-state index contributed by atoms with van der Waals surface area (Å²) in [5.74, 6) is 1.72. The van der Waals surface area contributed by atoms with Crippen LogP contribution in [0, 0.1) is 5.92 Å². The molecule has 0 N–H and O–H groups in total. The van der Waals surface area contributed by atoms with Crippen molar-refractivity contribution in [3.05, 3.63) is 23.1 Å². The van der Waals surface area contributed by atoms with Gasteiger partial charge in [-0.25, -0.2) is 0 Å². The molecule has 0 unspecified atom stereocenters. The van der Waals surface area contributed by atoms with Crippen molar-refractivity contribution < 1.29 is 4.52 Å². The first-order valence-electron chi connectivity index (χ1n) is 6.23. The lowest BCUT2D eigenvalue weighted by Gasteiger charge is -2.40. The molecular formula is C13H18N2O. The second-order valence-corrected chi connectivity index (χ2v) is 4.84. The van der Waals surface area contributed by atoms with Gasteiger partial charge in [0.2, 0.25) is 0 Å². The van der Waals surface area contributed by atoms with Crippen LogP contribution >= 0.6 is 0 Å². The maximum Gasteiger partial charge on any atom is 0.159 e. The highest BCUT2D eigenvalue weighted by molar-refractivity contribution is 5.49. The number of hydrogen-bond donors (Lipinski definition) is 0. The van der Waals surface area contributed by atoms with Gasteiger partial charge in [0, 0.05) is 12.6 Å². The summed E-state index contributed by atoms with van der Waals surface area (Å²) in [7, 11) is 0. The lowest BCUT2D eigenvalue weighted by atomic mass is 9.83. The summed E-state index contributed by atoms with van der Waals surface area (Å²) in [6.45, 7) is 5.78. The maximum absolute atomic E-state index is 5.32. The van der Waals surface area contributed by atoms with Gasteiger partial charge in [-0.2, -0.15) is 0 Å². The molecule has 86 valence electrons. The van der Waals surface area contributed by atoms with E-state index in [1.54, 1.807) is 0 Å². The Kier molecular flexibility index (Phi) is 2.56. The Balaban J connectivity index is 1.81. The van der Waals surface area contributed by atoms with Crippen LogP contribution in [0.1, 0.15) is 31.2 Å². The summed E-state index contributed by atoms with van der Waals surface area (Å²) in [5.41, 5.74) is 2.59. The Morgan fingerprint density at radius 3 is 2.88 bits per heavy atom. The molecule has 0 aliphatic carbocycles. The number of hydrogen-bond acceptors (Lipinski definition) is 3. The highest BCUT2D eigenvalue weighted by Gasteiger charge is 2.29. The van der Waals surface area contributed by atoms with Gasteiger partial charge in [-0.1, -0.05) is 12.1 Å². The molecule has 1 aromatic rings. The number of fused-ring (bicyclic) bond motifs is 3. The number of nitrogens with zero attached hydrogens (tertiary/aromatic N) is 2. The zero-order valence-corrected chi connectivity index (χ0v) is 9.78. The van der Waals surface area contributed by atoms with Gasteiger partial charge in [-0.05, 0) is 49.9 Å². The summed E-state index contributed by atoms with van der Waals surface area (Å²) < 4.78 is 5.32. The van der Waals surface area contributed by atoms with Crippen molar-refractivity contribution in [2.45, 2.75) is 26.2 Å². The minimum atomic E-state index is 0.792. The van der Waals surface area contributed by atoms with E-state index in [1.807, 2.05) is 0 Å². The van der Waals surface area contributed by atoms with Crippen LogP contribution in [0.2, 0.25) is 0 Å². The quantitative estimate of drug-likeness (QED) is 0.763. The summed E-state index contributed by atoms with van der Waals surface area (Å²) in [5, 5.41) is 4.03. The van der Waals surface area contributed by atoms with Gasteiger partial charge in [-0.3, -0.25) is 4.90 Å². The first-order chi connectivity index (χ1) is 7.85. The fourth-order valence-corrected chi connectivity index (χ4v) is 2.76. The van der Waals surface area contributed by atoms with Gasteiger partial charge < -0.3 is 4.52 Å². The largest absolute Gasteiger partial charge is 0.357 e. The molecule has 0 aromatic carbocycles. The van der Waals surface area contributed by atoms with Crippen molar-refractivity contribution >= 4 is 6.08 Å². The van der Waals surface area contributed by atoms with Gasteiger partial charge in [0.15, 0.2) is 5.76 Å². The molecule has 2 bridgehead atoms. The van der Waals surface area contributed by atoms with Crippen molar-refractivity contribution in [1.29, 1.82) is 0 Å². The Bertz CT molecular complexity index is 400. The Hall–Kier alpha value is -1.09. The van der Waals surface area contributed by atoms with Crippen LogP contribution in [-0.2, 0) is 6.42 Å². The van der Waals surface area contributed by atoms with E-state index >= 15 is 0 Å². The van der Waals surface area contributed by atoms with Crippen molar-refractivity contribution in [1.82, 2.24) is 10.1 Å². The topological polar surface area (TPSA) is 29.3 Å².